The molecule has 0 spiro atoms. The lowest BCUT2D eigenvalue weighted by atomic mass is 9.93. The predicted octanol–water partition coefficient (Wildman–Crippen LogP) is 2.47. The van der Waals surface area contributed by atoms with Crippen LogP contribution in [-0.2, 0) is 11.3 Å². The van der Waals surface area contributed by atoms with Crippen LogP contribution < -0.4 is 0 Å². The fraction of sp³-hybridized carbons (Fsp3) is 0.846. The van der Waals surface area contributed by atoms with Gasteiger partial charge in [-0.15, -0.1) is 5.10 Å². The number of hydrogen-bond acceptors (Lipinski definition) is 4. The molecule has 108 valence electrons. The zero-order valence-electron chi connectivity index (χ0n) is 12.3. The van der Waals surface area contributed by atoms with Gasteiger partial charge in [0.05, 0.1) is 12.0 Å². The van der Waals surface area contributed by atoms with Crippen molar-refractivity contribution in [2.24, 2.45) is 5.41 Å². The van der Waals surface area contributed by atoms with Gasteiger partial charge in [-0.2, -0.15) is 0 Å². The lowest BCUT2D eigenvalue weighted by Crippen LogP contribution is -2.31. The third kappa shape index (κ3) is 4.01. The second-order valence-corrected chi connectivity index (χ2v) is 5.66. The van der Waals surface area contributed by atoms with E-state index in [0.717, 1.165) is 31.5 Å². The fourth-order valence-corrected chi connectivity index (χ4v) is 2.16. The van der Waals surface area contributed by atoms with Crippen LogP contribution in [0.25, 0.3) is 0 Å². The predicted molar refractivity (Wildman–Crippen MR) is 71.8 cm³/mol. The molecule has 0 radical (unpaired) electrons. The van der Waals surface area contributed by atoms with E-state index in [0.29, 0.717) is 12.5 Å². The molecule has 0 saturated heterocycles. The van der Waals surface area contributed by atoms with E-state index >= 15 is 0 Å². The Morgan fingerprint density at radius 1 is 1.32 bits per heavy atom. The molecule has 1 rings (SSSR count). The SMILES string of the molecule is CCCC(CCC)c1nnnn1CC(C)(C)C(=O)O. The number of nitrogens with zero attached hydrogens (tertiary/aromatic N) is 4. The number of carboxylic acid groups (broad SMARTS) is 1. The lowest BCUT2D eigenvalue weighted by Gasteiger charge is -2.21. The van der Waals surface area contributed by atoms with Gasteiger partial charge in [0.1, 0.15) is 0 Å². The van der Waals surface area contributed by atoms with Crippen molar-refractivity contribution in [3.63, 3.8) is 0 Å². The highest BCUT2D eigenvalue weighted by Gasteiger charge is 2.30. The van der Waals surface area contributed by atoms with Gasteiger partial charge in [-0.25, -0.2) is 4.68 Å². The van der Waals surface area contributed by atoms with Crippen LogP contribution in [0.2, 0.25) is 0 Å². The first kappa shape index (κ1) is 15.6. The highest BCUT2D eigenvalue weighted by Crippen LogP contribution is 2.26. The van der Waals surface area contributed by atoms with Gasteiger partial charge >= 0.3 is 5.97 Å². The molecule has 0 aromatic carbocycles. The average Bonchev–Trinajstić information content (AvgIpc) is 2.76. The number of aliphatic carboxylic acids is 1. The van der Waals surface area contributed by atoms with E-state index in [1.807, 2.05) is 0 Å². The maximum Gasteiger partial charge on any atom is 0.310 e. The van der Waals surface area contributed by atoms with Crippen molar-refractivity contribution in [1.29, 1.82) is 0 Å². The fourth-order valence-electron chi connectivity index (χ4n) is 2.16. The standard InChI is InChI=1S/C13H24N4O2/c1-5-7-10(8-6-2)11-14-15-16-17(11)9-13(3,4)12(18)19/h10H,5-9H2,1-4H3,(H,18,19). The third-order valence-electron chi connectivity index (χ3n) is 3.32. The van der Waals surface area contributed by atoms with Crippen LogP contribution in [0.1, 0.15) is 65.1 Å². The van der Waals surface area contributed by atoms with Gasteiger partial charge in [0, 0.05) is 5.92 Å². The minimum Gasteiger partial charge on any atom is -0.481 e. The van der Waals surface area contributed by atoms with E-state index in [1.165, 1.54) is 0 Å². The van der Waals surface area contributed by atoms with Crippen LogP contribution in [0.15, 0.2) is 0 Å². The van der Waals surface area contributed by atoms with Crippen LogP contribution in [0.3, 0.4) is 0 Å². The first-order valence-electron chi connectivity index (χ1n) is 6.91. The van der Waals surface area contributed by atoms with Crippen molar-refractivity contribution in [3.05, 3.63) is 5.82 Å². The molecule has 0 unspecified atom stereocenters. The van der Waals surface area contributed by atoms with E-state index in [2.05, 4.69) is 29.4 Å². The van der Waals surface area contributed by atoms with Crippen LogP contribution in [0.4, 0.5) is 0 Å². The van der Waals surface area contributed by atoms with Crippen LogP contribution in [0.5, 0.6) is 0 Å². The van der Waals surface area contributed by atoms with E-state index in [1.54, 1.807) is 18.5 Å². The summed E-state index contributed by atoms with van der Waals surface area (Å²) < 4.78 is 1.66. The van der Waals surface area contributed by atoms with E-state index in [4.69, 9.17) is 0 Å². The largest absolute Gasteiger partial charge is 0.481 e. The van der Waals surface area contributed by atoms with Gasteiger partial charge in [-0.1, -0.05) is 26.7 Å². The Balaban J connectivity index is 2.92. The zero-order chi connectivity index (χ0) is 14.5. The number of aromatic nitrogens is 4. The van der Waals surface area contributed by atoms with Crippen molar-refractivity contribution in [1.82, 2.24) is 20.2 Å². The maximum atomic E-state index is 11.2. The van der Waals surface area contributed by atoms with Gasteiger partial charge in [0.25, 0.3) is 0 Å². The number of hydrogen-bond donors (Lipinski definition) is 1. The quantitative estimate of drug-likeness (QED) is 0.783. The molecule has 0 amide bonds. The van der Waals surface area contributed by atoms with Crippen LogP contribution in [0, 0.1) is 5.41 Å². The molecule has 1 aromatic rings. The van der Waals surface area contributed by atoms with Crippen molar-refractivity contribution in [3.8, 4) is 0 Å². The summed E-state index contributed by atoms with van der Waals surface area (Å²) in [5.74, 6) is 0.295. The Labute approximate surface area is 114 Å². The van der Waals surface area contributed by atoms with E-state index in [-0.39, 0.29) is 0 Å². The first-order valence-corrected chi connectivity index (χ1v) is 6.91. The molecule has 0 aliphatic rings. The van der Waals surface area contributed by atoms with Gasteiger partial charge in [0.15, 0.2) is 5.82 Å². The summed E-state index contributed by atoms with van der Waals surface area (Å²) in [6, 6.07) is 0. The van der Waals surface area contributed by atoms with Gasteiger partial charge in [-0.05, 0) is 37.1 Å². The van der Waals surface area contributed by atoms with Gasteiger partial charge < -0.3 is 5.11 Å². The van der Waals surface area contributed by atoms with Crippen LogP contribution >= 0.6 is 0 Å². The highest BCUT2D eigenvalue weighted by molar-refractivity contribution is 5.73. The Kier molecular flexibility index (Phi) is 5.44. The molecule has 19 heavy (non-hydrogen) atoms. The Morgan fingerprint density at radius 2 is 1.89 bits per heavy atom. The normalized spacial score (nSPS) is 12.1. The summed E-state index contributed by atoms with van der Waals surface area (Å²) in [4.78, 5) is 11.2. The molecule has 0 bridgehead atoms. The number of carbonyl (C=O) groups is 1. The molecule has 0 fully saturated rings. The molecule has 0 aliphatic heterocycles. The minimum atomic E-state index is -0.868. The minimum absolute atomic E-state index is 0.300. The highest BCUT2D eigenvalue weighted by atomic mass is 16.4. The van der Waals surface area contributed by atoms with Gasteiger partial charge in [0.2, 0.25) is 0 Å². The second kappa shape index (κ2) is 6.63. The van der Waals surface area contributed by atoms with Gasteiger partial charge in [-0.3, -0.25) is 4.79 Å². The van der Waals surface area contributed by atoms with Crippen molar-refractivity contribution < 1.29 is 9.90 Å². The topological polar surface area (TPSA) is 80.9 Å². The summed E-state index contributed by atoms with van der Waals surface area (Å²) in [5, 5.41) is 21.0. The molecule has 6 nitrogen and oxygen atoms in total. The Bertz CT molecular complexity index is 409. The molecule has 0 atom stereocenters. The molecule has 0 saturated carbocycles. The second-order valence-electron chi connectivity index (χ2n) is 5.66. The number of tetrazole rings is 1. The van der Waals surface area contributed by atoms with Crippen molar-refractivity contribution in [2.45, 2.75) is 65.8 Å². The molecule has 0 aliphatic carbocycles. The molecule has 1 heterocycles. The Hall–Kier alpha value is -1.46. The number of carboxylic acids is 1. The average molecular weight is 268 g/mol. The summed E-state index contributed by atoms with van der Waals surface area (Å²) in [7, 11) is 0. The number of rotatable bonds is 8. The molecular formula is C13H24N4O2. The van der Waals surface area contributed by atoms with E-state index < -0.39 is 11.4 Å². The van der Waals surface area contributed by atoms with Crippen molar-refractivity contribution >= 4 is 5.97 Å². The summed E-state index contributed by atoms with van der Waals surface area (Å²) in [6.45, 7) is 7.95. The molecule has 6 heteroatoms. The molecular weight excluding hydrogens is 244 g/mol. The molecule has 1 N–H and O–H groups in total. The van der Waals surface area contributed by atoms with Crippen molar-refractivity contribution in [2.75, 3.05) is 0 Å². The summed E-state index contributed by atoms with van der Waals surface area (Å²) >= 11 is 0. The monoisotopic (exact) mass is 268 g/mol. The Morgan fingerprint density at radius 3 is 2.37 bits per heavy atom. The van der Waals surface area contributed by atoms with E-state index in [9.17, 15) is 9.90 Å². The van der Waals surface area contributed by atoms with Crippen LogP contribution in [-0.4, -0.2) is 31.3 Å². The first-order chi connectivity index (χ1) is 8.92. The maximum absolute atomic E-state index is 11.2. The zero-order valence-corrected chi connectivity index (χ0v) is 12.3. The summed E-state index contributed by atoms with van der Waals surface area (Å²) in [6.07, 6.45) is 4.20. The molecule has 1 aromatic heterocycles. The third-order valence-corrected chi connectivity index (χ3v) is 3.32. The lowest BCUT2D eigenvalue weighted by molar-refractivity contribution is -0.147. The summed E-state index contributed by atoms with van der Waals surface area (Å²) in [5.41, 5.74) is -0.868. The smallest absolute Gasteiger partial charge is 0.310 e.